The number of carboxylic acid groups (broad SMARTS) is 1. The number of hydrogen-bond donors (Lipinski definition) is 2. The molecule has 0 saturated carbocycles. The number of alkyl carbamates (subject to hydrolysis) is 1. The fraction of sp³-hybridized carbons (Fsp3) is 0.353. The van der Waals surface area contributed by atoms with E-state index in [2.05, 4.69) is 58.1 Å². The number of carbonyl (C=O) groups excluding carboxylic acids is 2. The second-order valence-electron chi connectivity index (χ2n) is 11.9. The van der Waals surface area contributed by atoms with Gasteiger partial charge in [-0.1, -0.05) is 91.0 Å². The number of nitrogens with one attached hydrogen (secondary N) is 2. The summed E-state index contributed by atoms with van der Waals surface area (Å²) in [6.07, 6.45) is 2.46. The molecule has 0 aliphatic carbocycles. The molecule has 1 amide bonds. The van der Waals surface area contributed by atoms with Crippen LogP contribution in [0.15, 0.2) is 103 Å². The van der Waals surface area contributed by atoms with Gasteiger partial charge in [0.15, 0.2) is 0 Å². The van der Waals surface area contributed by atoms with Crippen molar-refractivity contribution < 1.29 is 19.4 Å². The topological polar surface area (TPSA) is 97.0 Å². The van der Waals surface area contributed by atoms with Gasteiger partial charge < -0.3 is 30.2 Å². The predicted octanol–water partition coefficient (Wildman–Crippen LogP) is 3.79. The van der Waals surface area contributed by atoms with Crippen LogP contribution in [-0.2, 0) is 15.1 Å². The third-order valence-electron chi connectivity index (χ3n) is 7.86. The van der Waals surface area contributed by atoms with Crippen LogP contribution < -0.4 is 15.7 Å². The molecule has 3 aromatic rings. The molecule has 2 aliphatic rings. The zero-order valence-electron chi connectivity index (χ0n) is 24.5. The van der Waals surface area contributed by atoms with Crippen LogP contribution >= 0.6 is 0 Å². The number of nitrogens with zero attached hydrogens (tertiary/aromatic N) is 2. The molecule has 220 valence electrons. The van der Waals surface area contributed by atoms with Crippen LogP contribution in [-0.4, -0.2) is 59.3 Å². The molecule has 2 heterocycles. The van der Waals surface area contributed by atoms with E-state index in [1.807, 2.05) is 80.3 Å². The zero-order chi connectivity index (χ0) is 29.7. The molecular weight excluding hydrogens is 528 g/mol. The molecule has 0 radical (unpaired) electrons. The monoisotopic (exact) mass is 567 g/mol. The van der Waals surface area contributed by atoms with Crippen LogP contribution in [0, 0.1) is 0 Å². The highest BCUT2D eigenvalue weighted by molar-refractivity contribution is 5.72. The SMILES string of the molecule is CC(C)(C)OC(=O)N[C@H]1CCN([C@@H](CC2=CN(C(c3ccccc3)(c3ccccc3)c3ccccc3)CN2)C(=O)[O-])C1. The highest BCUT2D eigenvalue weighted by Gasteiger charge is 2.43. The van der Waals surface area contributed by atoms with Crippen molar-refractivity contribution in [2.45, 2.75) is 56.8 Å². The molecule has 8 heteroatoms. The van der Waals surface area contributed by atoms with Gasteiger partial charge >= 0.3 is 6.09 Å². The molecule has 0 spiro atoms. The molecule has 42 heavy (non-hydrogen) atoms. The average Bonchev–Trinajstić information content (AvgIpc) is 3.63. The number of likely N-dealkylation sites (tertiary alicyclic amines) is 1. The number of benzene rings is 3. The maximum absolute atomic E-state index is 12.4. The molecule has 0 bridgehead atoms. The first-order valence-electron chi connectivity index (χ1n) is 14.5. The van der Waals surface area contributed by atoms with Gasteiger partial charge in [-0.05, 0) is 43.9 Å². The fourth-order valence-corrected chi connectivity index (χ4v) is 6.07. The van der Waals surface area contributed by atoms with Gasteiger partial charge in [0.25, 0.3) is 0 Å². The first kappa shape index (κ1) is 29.2. The average molecular weight is 568 g/mol. The lowest BCUT2D eigenvalue weighted by atomic mass is 9.76. The number of amides is 1. The minimum atomic E-state index is -1.13. The number of ether oxygens (including phenoxy) is 1. The standard InChI is InChI=1S/C34H40N4O4/c1-33(2,3)42-32(41)36-28-19-20-37(22-28)30(31(39)40)21-29-23-38(24-35-29)34(25-13-7-4-8-14-25,26-15-9-5-10-16-26)27-17-11-6-12-18-27/h4-18,23,28,30,35H,19-22,24H2,1-3H3,(H,36,41)(H,39,40)/p-1/t28-,30-/m0/s1. The number of hydrogen-bond acceptors (Lipinski definition) is 7. The molecule has 5 rings (SSSR count). The summed E-state index contributed by atoms with van der Waals surface area (Å²) in [6, 6.07) is 30.1. The highest BCUT2D eigenvalue weighted by Crippen LogP contribution is 2.43. The van der Waals surface area contributed by atoms with E-state index in [1.54, 1.807) is 0 Å². The largest absolute Gasteiger partial charge is 0.548 e. The molecular formula is C34H39N4O4-. The Hall–Kier alpha value is -4.30. The minimum absolute atomic E-state index is 0.189. The Balaban J connectivity index is 1.42. The molecule has 2 aliphatic heterocycles. The Morgan fingerprint density at radius 2 is 1.45 bits per heavy atom. The van der Waals surface area contributed by atoms with Gasteiger partial charge in [-0.3, -0.25) is 4.90 Å². The summed E-state index contributed by atoms with van der Waals surface area (Å²) in [6.45, 7) is 6.89. The third kappa shape index (κ3) is 6.29. The van der Waals surface area contributed by atoms with Gasteiger partial charge in [0, 0.05) is 37.4 Å². The lowest BCUT2D eigenvalue weighted by molar-refractivity contribution is -0.311. The van der Waals surface area contributed by atoms with E-state index >= 15 is 0 Å². The lowest BCUT2D eigenvalue weighted by Gasteiger charge is -2.43. The van der Waals surface area contributed by atoms with Crippen molar-refractivity contribution in [1.29, 1.82) is 0 Å². The summed E-state index contributed by atoms with van der Waals surface area (Å²) in [5.74, 6) is -1.13. The molecule has 3 aromatic carbocycles. The second kappa shape index (κ2) is 12.3. The summed E-state index contributed by atoms with van der Waals surface area (Å²) in [5, 5.41) is 18.8. The van der Waals surface area contributed by atoms with E-state index in [4.69, 9.17) is 4.74 Å². The molecule has 2 atom stereocenters. The Morgan fingerprint density at radius 1 is 0.929 bits per heavy atom. The Labute approximate surface area is 248 Å². The number of aliphatic carboxylic acids is 1. The van der Waals surface area contributed by atoms with E-state index in [1.165, 1.54) is 0 Å². The van der Waals surface area contributed by atoms with Crippen LogP contribution in [0.3, 0.4) is 0 Å². The van der Waals surface area contributed by atoms with E-state index in [-0.39, 0.29) is 12.5 Å². The van der Waals surface area contributed by atoms with Crippen LogP contribution in [0.5, 0.6) is 0 Å². The molecule has 1 fully saturated rings. The summed E-state index contributed by atoms with van der Waals surface area (Å²) in [5.41, 5.74) is 2.89. The van der Waals surface area contributed by atoms with Gasteiger partial charge in [-0.2, -0.15) is 0 Å². The zero-order valence-corrected chi connectivity index (χ0v) is 24.5. The van der Waals surface area contributed by atoms with E-state index in [9.17, 15) is 14.7 Å². The van der Waals surface area contributed by atoms with Crippen molar-refractivity contribution in [2.75, 3.05) is 19.8 Å². The highest BCUT2D eigenvalue weighted by atomic mass is 16.6. The maximum Gasteiger partial charge on any atom is 0.407 e. The van der Waals surface area contributed by atoms with Gasteiger partial charge in [0.1, 0.15) is 11.1 Å². The van der Waals surface area contributed by atoms with E-state index < -0.39 is 29.2 Å². The fourth-order valence-electron chi connectivity index (χ4n) is 6.07. The Bertz CT molecular complexity index is 1290. The Morgan fingerprint density at radius 3 is 1.93 bits per heavy atom. The quantitative estimate of drug-likeness (QED) is 0.380. The van der Waals surface area contributed by atoms with Gasteiger partial charge in [-0.25, -0.2) is 4.79 Å². The minimum Gasteiger partial charge on any atom is -0.548 e. The smallest absolute Gasteiger partial charge is 0.407 e. The van der Waals surface area contributed by atoms with Crippen molar-refractivity contribution in [1.82, 2.24) is 20.4 Å². The van der Waals surface area contributed by atoms with Crippen molar-refractivity contribution in [3.8, 4) is 0 Å². The number of carboxylic acids is 1. The van der Waals surface area contributed by atoms with Gasteiger partial charge in [-0.15, -0.1) is 0 Å². The molecule has 1 saturated heterocycles. The number of carbonyl (C=O) groups is 2. The van der Waals surface area contributed by atoms with Crippen molar-refractivity contribution in [3.63, 3.8) is 0 Å². The first-order valence-corrected chi connectivity index (χ1v) is 14.5. The number of rotatable bonds is 9. The summed E-state index contributed by atoms with van der Waals surface area (Å²) < 4.78 is 5.38. The van der Waals surface area contributed by atoms with Crippen LogP contribution in [0.2, 0.25) is 0 Å². The van der Waals surface area contributed by atoms with Gasteiger partial charge in [0.05, 0.1) is 18.7 Å². The van der Waals surface area contributed by atoms with Crippen molar-refractivity contribution in [3.05, 3.63) is 120 Å². The van der Waals surface area contributed by atoms with Crippen molar-refractivity contribution >= 4 is 12.1 Å². The summed E-state index contributed by atoms with van der Waals surface area (Å²) in [4.78, 5) is 28.8. The van der Waals surface area contributed by atoms with Crippen molar-refractivity contribution in [2.24, 2.45) is 0 Å². The third-order valence-corrected chi connectivity index (χ3v) is 7.86. The molecule has 2 N–H and O–H groups in total. The van der Waals surface area contributed by atoms with Crippen LogP contribution in [0.4, 0.5) is 4.79 Å². The Kier molecular flexibility index (Phi) is 8.54. The normalized spacial score (nSPS) is 18.2. The molecule has 0 unspecified atom stereocenters. The predicted molar refractivity (Wildman–Crippen MR) is 160 cm³/mol. The molecule has 8 nitrogen and oxygen atoms in total. The molecule has 0 aromatic heterocycles. The van der Waals surface area contributed by atoms with E-state index in [0.717, 1.165) is 22.4 Å². The maximum atomic E-state index is 12.4. The summed E-state index contributed by atoms with van der Waals surface area (Å²) >= 11 is 0. The summed E-state index contributed by atoms with van der Waals surface area (Å²) in [7, 11) is 0. The van der Waals surface area contributed by atoms with Crippen LogP contribution in [0.1, 0.15) is 50.3 Å². The second-order valence-corrected chi connectivity index (χ2v) is 11.9. The van der Waals surface area contributed by atoms with E-state index in [0.29, 0.717) is 26.2 Å². The lowest BCUT2D eigenvalue weighted by Crippen LogP contribution is -2.49. The van der Waals surface area contributed by atoms with Gasteiger partial charge in [0.2, 0.25) is 0 Å². The first-order chi connectivity index (χ1) is 20.2. The van der Waals surface area contributed by atoms with Crippen LogP contribution in [0.25, 0.3) is 0 Å².